The van der Waals surface area contributed by atoms with E-state index in [0.29, 0.717) is 6.41 Å². The average Bonchev–Trinajstić information content (AvgIpc) is 2.36. The van der Waals surface area contributed by atoms with Gasteiger partial charge < -0.3 is 9.64 Å². The monoisotopic (exact) mass is 253 g/mol. The van der Waals surface area contributed by atoms with E-state index in [1.165, 1.54) is 17.0 Å². The molecule has 0 heterocycles. The molecule has 0 radical (unpaired) electrons. The average molecular weight is 253 g/mol. The van der Waals surface area contributed by atoms with E-state index in [9.17, 15) is 14.0 Å². The predicted molar refractivity (Wildman–Crippen MR) is 64.2 cm³/mol. The number of hydrogen-bond acceptors (Lipinski definition) is 3. The van der Waals surface area contributed by atoms with Gasteiger partial charge in [-0.3, -0.25) is 9.59 Å². The molecule has 98 valence electrons. The zero-order valence-electron chi connectivity index (χ0n) is 10.4. The summed E-state index contributed by atoms with van der Waals surface area (Å²) in [6, 6.07) is 5.49. The molecule has 1 aromatic rings. The highest BCUT2D eigenvalue weighted by atomic mass is 19.1. The van der Waals surface area contributed by atoms with Gasteiger partial charge in [-0.15, -0.1) is 0 Å². The first-order valence-electron chi connectivity index (χ1n) is 5.70. The van der Waals surface area contributed by atoms with Gasteiger partial charge in [0.2, 0.25) is 6.41 Å². The second kappa shape index (κ2) is 6.74. The number of carbonyl (C=O) groups is 2. The first-order chi connectivity index (χ1) is 8.58. The lowest BCUT2D eigenvalue weighted by atomic mass is 10.1. The van der Waals surface area contributed by atoms with Crippen LogP contribution in [0.2, 0.25) is 0 Å². The molecule has 4 nitrogen and oxygen atoms in total. The Hall–Kier alpha value is -1.91. The minimum atomic E-state index is -0.460. The van der Waals surface area contributed by atoms with Crippen molar-refractivity contribution in [3.63, 3.8) is 0 Å². The van der Waals surface area contributed by atoms with Crippen LogP contribution >= 0.6 is 0 Å². The normalized spacial score (nSPS) is 11.7. The molecule has 0 aromatic heterocycles. The Balaban J connectivity index is 2.72. The van der Waals surface area contributed by atoms with Crippen LogP contribution in [-0.2, 0) is 14.3 Å². The molecular formula is C13H16FNO3. The molecule has 0 saturated carbocycles. The molecule has 0 fully saturated rings. The molecule has 0 saturated heterocycles. The van der Waals surface area contributed by atoms with Crippen molar-refractivity contribution in [3.8, 4) is 0 Å². The van der Waals surface area contributed by atoms with Crippen LogP contribution in [0.1, 0.15) is 25.5 Å². The maximum absolute atomic E-state index is 12.8. The van der Waals surface area contributed by atoms with E-state index in [2.05, 4.69) is 0 Å². The van der Waals surface area contributed by atoms with Crippen molar-refractivity contribution in [1.29, 1.82) is 0 Å². The fraction of sp³-hybridized carbons (Fsp3) is 0.385. The molecule has 0 aliphatic heterocycles. The van der Waals surface area contributed by atoms with Crippen molar-refractivity contribution < 1.29 is 18.7 Å². The van der Waals surface area contributed by atoms with E-state index >= 15 is 0 Å². The number of carbonyl (C=O) groups excluding carboxylic acids is 2. The van der Waals surface area contributed by atoms with Crippen LogP contribution in [0, 0.1) is 5.82 Å². The van der Waals surface area contributed by atoms with Crippen LogP contribution in [0.25, 0.3) is 0 Å². The highest BCUT2D eigenvalue weighted by molar-refractivity contribution is 5.74. The summed E-state index contributed by atoms with van der Waals surface area (Å²) >= 11 is 0. The molecule has 1 aromatic carbocycles. The summed E-state index contributed by atoms with van der Waals surface area (Å²) in [5, 5.41) is 0. The summed E-state index contributed by atoms with van der Waals surface area (Å²) in [6.07, 6.45) is 0.588. The van der Waals surface area contributed by atoms with Gasteiger partial charge in [0, 0.05) is 0 Å². The van der Waals surface area contributed by atoms with Crippen molar-refractivity contribution in [2.24, 2.45) is 0 Å². The molecule has 0 bridgehead atoms. The van der Waals surface area contributed by atoms with Gasteiger partial charge in [-0.1, -0.05) is 12.1 Å². The number of benzene rings is 1. The smallest absolute Gasteiger partial charge is 0.325 e. The van der Waals surface area contributed by atoms with Gasteiger partial charge in [0.1, 0.15) is 12.4 Å². The van der Waals surface area contributed by atoms with Crippen LogP contribution in [-0.4, -0.2) is 30.4 Å². The minimum absolute atomic E-state index is 0.115. The fourth-order valence-electron chi connectivity index (χ4n) is 1.55. The van der Waals surface area contributed by atoms with E-state index < -0.39 is 5.97 Å². The molecule has 0 spiro atoms. The van der Waals surface area contributed by atoms with Crippen LogP contribution in [0.4, 0.5) is 4.39 Å². The lowest BCUT2D eigenvalue weighted by Crippen LogP contribution is -2.32. The molecule has 1 amide bonds. The Morgan fingerprint density at radius 2 is 2.06 bits per heavy atom. The summed E-state index contributed by atoms with van der Waals surface area (Å²) in [4.78, 5) is 23.6. The van der Waals surface area contributed by atoms with Crippen LogP contribution < -0.4 is 0 Å². The molecule has 18 heavy (non-hydrogen) atoms. The standard InChI is InChI=1S/C13H16FNO3/c1-3-18-13(17)8-15(9-16)10(2)11-4-6-12(14)7-5-11/h4-7,9-10H,3,8H2,1-2H3/t10-/m0/s1. The molecule has 0 N–H and O–H groups in total. The molecule has 1 rings (SSSR count). The number of amides is 1. The number of halogens is 1. The third-order valence-electron chi connectivity index (χ3n) is 2.60. The van der Waals surface area contributed by atoms with Gasteiger partial charge in [0.25, 0.3) is 0 Å². The van der Waals surface area contributed by atoms with Crippen LogP contribution in [0.3, 0.4) is 0 Å². The first kappa shape index (κ1) is 14.2. The van der Waals surface area contributed by atoms with Gasteiger partial charge in [-0.25, -0.2) is 4.39 Å². The maximum Gasteiger partial charge on any atom is 0.325 e. The lowest BCUT2D eigenvalue weighted by Gasteiger charge is -2.24. The Labute approximate surface area is 105 Å². The Morgan fingerprint density at radius 1 is 1.44 bits per heavy atom. The fourth-order valence-corrected chi connectivity index (χ4v) is 1.55. The van der Waals surface area contributed by atoms with Crippen molar-refractivity contribution in [1.82, 2.24) is 4.90 Å². The van der Waals surface area contributed by atoms with E-state index in [-0.39, 0.29) is 25.0 Å². The minimum Gasteiger partial charge on any atom is -0.465 e. The molecule has 0 unspecified atom stereocenters. The first-order valence-corrected chi connectivity index (χ1v) is 5.70. The summed E-state index contributed by atoms with van der Waals surface area (Å²) in [7, 11) is 0. The summed E-state index contributed by atoms with van der Waals surface area (Å²) in [5.74, 6) is -0.799. The van der Waals surface area contributed by atoms with Gasteiger partial charge >= 0.3 is 5.97 Å². The highest BCUT2D eigenvalue weighted by Crippen LogP contribution is 2.18. The van der Waals surface area contributed by atoms with Crippen LogP contribution in [0.15, 0.2) is 24.3 Å². The summed E-state index contributed by atoms with van der Waals surface area (Å²) < 4.78 is 17.6. The van der Waals surface area contributed by atoms with Crippen molar-refractivity contribution >= 4 is 12.4 Å². The van der Waals surface area contributed by atoms with Gasteiger partial charge in [0.15, 0.2) is 0 Å². The molecule has 0 aliphatic rings. The largest absolute Gasteiger partial charge is 0.465 e. The second-order valence-electron chi connectivity index (χ2n) is 3.81. The Kier molecular flexibility index (Phi) is 5.30. The summed E-state index contributed by atoms with van der Waals surface area (Å²) in [6.45, 7) is 3.62. The molecule has 1 atom stereocenters. The zero-order chi connectivity index (χ0) is 13.5. The quantitative estimate of drug-likeness (QED) is 0.574. The highest BCUT2D eigenvalue weighted by Gasteiger charge is 2.17. The summed E-state index contributed by atoms with van der Waals surface area (Å²) in [5.41, 5.74) is 0.757. The number of nitrogens with zero attached hydrogens (tertiary/aromatic N) is 1. The Bertz CT molecular complexity index is 405. The maximum atomic E-state index is 12.8. The second-order valence-corrected chi connectivity index (χ2v) is 3.81. The SMILES string of the molecule is CCOC(=O)CN(C=O)[C@@H](C)c1ccc(F)cc1. The topological polar surface area (TPSA) is 46.6 Å². The van der Waals surface area contributed by atoms with Gasteiger partial charge in [-0.05, 0) is 31.5 Å². The lowest BCUT2D eigenvalue weighted by molar-refractivity contribution is -0.147. The van der Waals surface area contributed by atoms with Crippen LogP contribution in [0.5, 0.6) is 0 Å². The van der Waals surface area contributed by atoms with E-state index in [4.69, 9.17) is 4.74 Å². The predicted octanol–water partition coefficient (Wildman–Crippen LogP) is 1.91. The third kappa shape index (κ3) is 3.84. The zero-order valence-corrected chi connectivity index (χ0v) is 10.4. The van der Waals surface area contributed by atoms with E-state index in [0.717, 1.165) is 5.56 Å². The van der Waals surface area contributed by atoms with Gasteiger partial charge in [0.05, 0.1) is 12.6 Å². The van der Waals surface area contributed by atoms with Crippen molar-refractivity contribution in [2.45, 2.75) is 19.9 Å². The van der Waals surface area contributed by atoms with E-state index in [1.807, 2.05) is 0 Å². The molecule has 5 heteroatoms. The van der Waals surface area contributed by atoms with E-state index in [1.54, 1.807) is 26.0 Å². The third-order valence-corrected chi connectivity index (χ3v) is 2.60. The van der Waals surface area contributed by atoms with Crippen molar-refractivity contribution in [2.75, 3.05) is 13.2 Å². The number of esters is 1. The molecule has 0 aliphatic carbocycles. The molecular weight excluding hydrogens is 237 g/mol. The number of hydrogen-bond donors (Lipinski definition) is 0. The van der Waals surface area contributed by atoms with Crippen molar-refractivity contribution in [3.05, 3.63) is 35.6 Å². The van der Waals surface area contributed by atoms with Gasteiger partial charge in [-0.2, -0.15) is 0 Å². The Morgan fingerprint density at radius 3 is 2.56 bits per heavy atom. The number of rotatable bonds is 6. The number of ether oxygens (including phenoxy) is 1.